The van der Waals surface area contributed by atoms with E-state index >= 15 is 0 Å². The van der Waals surface area contributed by atoms with Crippen LogP contribution in [0.5, 0.6) is 0 Å². The standard InChI is InChI=1S/C19H23N3O3.2C2HF3O2/c1-15-19(6-9-21(10-7-19)13-17-5-3-11-24-17)25-14-18(23)22(15)16-4-2-8-20-12-16;2*3-2(4,5)1(6)7/h2-5,8,11-12,15H,6-7,9-10,13-14H2,1H3;2*(H,6,7). The summed E-state index contributed by atoms with van der Waals surface area (Å²) in [5, 5.41) is 14.2. The number of aromatic nitrogens is 1. The van der Waals surface area contributed by atoms with E-state index in [2.05, 4.69) is 16.8 Å². The first kappa shape index (κ1) is 31.6. The van der Waals surface area contributed by atoms with E-state index in [0.29, 0.717) is 0 Å². The number of furan rings is 1. The van der Waals surface area contributed by atoms with E-state index in [9.17, 15) is 31.1 Å². The third kappa shape index (κ3) is 8.95. The van der Waals surface area contributed by atoms with Crippen LogP contribution in [-0.4, -0.2) is 81.6 Å². The Hall–Kier alpha value is -3.66. The van der Waals surface area contributed by atoms with Gasteiger partial charge in [0.2, 0.25) is 0 Å². The second kappa shape index (κ2) is 12.9. The maximum atomic E-state index is 12.5. The molecule has 0 radical (unpaired) electrons. The Bertz CT molecular complexity index is 1060. The summed E-state index contributed by atoms with van der Waals surface area (Å²) in [6.07, 6.45) is -3.18. The fourth-order valence-corrected chi connectivity index (χ4v) is 3.99. The number of nitrogens with zero attached hydrogens (tertiary/aromatic N) is 3. The third-order valence-corrected chi connectivity index (χ3v) is 5.97. The number of anilines is 1. The normalized spacial score (nSPS) is 19.4. The number of likely N-dealkylation sites (tertiary alicyclic amines) is 1. The number of amides is 1. The summed E-state index contributed by atoms with van der Waals surface area (Å²) in [6.45, 7) is 4.91. The average Bonchev–Trinajstić information content (AvgIpc) is 3.37. The fraction of sp³-hybridized carbons (Fsp3) is 0.478. The second-order valence-electron chi connectivity index (χ2n) is 8.47. The molecule has 216 valence electrons. The summed E-state index contributed by atoms with van der Waals surface area (Å²) < 4.78 is 75.0. The Morgan fingerprint density at radius 1 is 1.05 bits per heavy atom. The van der Waals surface area contributed by atoms with Crippen LogP contribution in [0.3, 0.4) is 0 Å². The zero-order valence-corrected chi connectivity index (χ0v) is 20.4. The summed E-state index contributed by atoms with van der Waals surface area (Å²) in [5.41, 5.74) is 0.560. The number of ether oxygens (including phenoxy) is 1. The molecule has 0 bridgehead atoms. The van der Waals surface area contributed by atoms with Crippen molar-refractivity contribution < 1.29 is 60.1 Å². The smallest absolute Gasteiger partial charge is 0.475 e. The number of pyridine rings is 1. The highest BCUT2D eigenvalue weighted by atomic mass is 19.4. The van der Waals surface area contributed by atoms with Crippen molar-refractivity contribution in [2.24, 2.45) is 0 Å². The van der Waals surface area contributed by atoms with Gasteiger partial charge < -0.3 is 24.3 Å². The summed E-state index contributed by atoms with van der Waals surface area (Å²) in [4.78, 5) is 38.7. The molecule has 2 aromatic heterocycles. The first-order valence-electron chi connectivity index (χ1n) is 11.3. The van der Waals surface area contributed by atoms with Crippen LogP contribution in [0.1, 0.15) is 25.5 Å². The van der Waals surface area contributed by atoms with Crippen LogP contribution in [0.2, 0.25) is 0 Å². The molecule has 0 aliphatic carbocycles. The number of alkyl halides is 6. The molecule has 2 N–H and O–H groups in total. The number of morpholine rings is 1. The molecule has 2 saturated heterocycles. The number of carboxylic acids is 2. The summed E-state index contributed by atoms with van der Waals surface area (Å²) in [6, 6.07) is 7.72. The minimum atomic E-state index is -5.08. The molecule has 1 amide bonds. The molecule has 10 nitrogen and oxygen atoms in total. The van der Waals surface area contributed by atoms with E-state index in [-0.39, 0.29) is 24.2 Å². The van der Waals surface area contributed by atoms with Crippen molar-refractivity contribution in [3.63, 3.8) is 0 Å². The molecule has 0 aromatic carbocycles. The SMILES string of the molecule is CC1N(c2cccnc2)C(=O)COC12CCN(Cc1ccco1)CC2.O=C(O)C(F)(F)F.O=C(O)C(F)(F)F. The number of carbonyl (C=O) groups is 3. The predicted octanol–water partition coefficient (Wildman–Crippen LogP) is 3.73. The highest BCUT2D eigenvalue weighted by Gasteiger charge is 2.48. The fourth-order valence-electron chi connectivity index (χ4n) is 3.99. The van der Waals surface area contributed by atoms with E-state index in [0.717, 1.165) is 43.9 Å². The summed E-state index contributed by atoms with van der Waals surface area (Å²) in [7, 11) is 0. The zero-order chi connectivity index (χ0) is 29.4. The lowest BCUT2D eigenvalue weighted by Crippen LogP contribution is -2.64. The van der Waals surface area contributed by atoms with Gasteiger partial charge in [0.1, 0.15) is 12.4 Å². The molecule has 0 saturated carbocycles. The van der Waals surface area contributed by atoms with E-state index in [1.807, 2.05) is 29.2 Å². The average molecular weight is 569 g/mol. The number of rotatable bonds is 3. The number of carbonyl (C=O) groups excluding carboxylic acids is 1. The molecular formula is C23H25F6N3O7. The first-order valence-corrected chi connectivity index (χ1v) is 11.3. The van der Waals surface area contributed by atoms with Crippen LogP contribution in [0.4, 0.5) is 32.0 Å². The van der Waals surface area contributed by atoms with Gasteiger partial charge in [-0.1, -0.05) is 0 Å². The number of hydrogen-bond donors (Lipinski definition) is 2. The molecule has 2 aliphatic heterocycles. The van der Waals surface area contributed by atoms with Crippen molar-refractivity contribution in [2.75, 3.05) is 24.6 Å². The lowest BCUT2D eigenvalue weighted by atomic mass is 9.82. The van der Waals surface area contributed by atoms with E-state index in [1.165, 1.54) is 0 Å². The second-order valence-corrected chi connectivity index (χ2v) is 8.47. The number of carboxylic acid groups (broad SMARTS) is 2. The summed E-state index contributed by atoms with van der Waals surface area (Å²) >= 11 is 0. The Morgan fingerprint density at radius 3 is 2.05 bits per heavy atom. The maximum Gasteiger partial charge on any atom is 0.490 e. The van der Waals surface area contributed by atoms with Crippen LogP contribution in [0.15, 0.2) is 47.3 Å². The van der Waals surface area contributed by atoms with Gasteiger partial charge in [-0.15, -0.1) is 0 Å². The molecule has 1 spiro atoms. The third-order valence-electron chi connectivity index (χ3n) is 5.97. The van der Waals surface area contributed by atoms with Gasteiger partial charge in [0.25, 0.3) is 5.91 Å². The quantitative estimate of drug-likeness (QED) is 0.531. The molecule has 2 aromatic rings. The van der Waals surface area contributed by atoms with Gasteiger partial charge in [0.05, 0.1) is 36.3 Å². The van der Waals surface area contributed by atoms with Gasteiger partial charge in [0.15, 0.2) is 0 Å². The van der Waals surface area contributed by atoms with Gasteiger partial charge in [-0.3, -0.25) is 14.7 Å². The van der Waals surface area contributed by atoms with Crippen molar-refractivity contribution >= 4 is 23.5 Å². The van der Waals surface area contributed by atoms with Crippen molar-refractivity contribution in [2.45, 2.75) is 50.3 Å². The topological polar surface area (TPSA) is 133 Å². The molecule has 39 heavy (non-hydrogen) atoms. The van der Waals surface area contributed by atoms with Crippen LogP contribution in [0, 0.1) is 0 Å². The highest BCUT2D eigenvalue weighted by molar-refractivity contribution is 5.95. The lowest BCUT2D eigenvalue weighted by Gasteiger charge is -2.51. The van der Waals surface area contributed by atoms with Gasteiger partial charge in [-0.05, 0) is 44.0 Å². The van der Waals surface area contributed by atoms with Crippen molar-refractivity contribution in [3.8, 4) is 0 Å². The van der Waals surface area contributed by atoms with Crippen LogP contribution >= 0.6 is 0 Å². The number of piperidine rings is 1. The molecule has 16 heteroatoms. The molecule has 4 rings (SSSR count). The van der Waals surface area contributed by atoms with E-state index in [4.69, 9.17) is 29.0 Å². The monoisotopic (exact) mass is 569 g/mol. The first-order chi connectivity index (χ1) is 18.1. The molecule has 4 heterocycles. The van der Waals surface area contributed by atoms with Gasteiger partial charge in [0, 0.05) is 19.3 Å². The maximum absolute atomic E-state index is 12.5. The Morgan fingerprint density at radius 2 is 1.62 bits per heavy atom. The minimum absolute atomic E-state index is 0.00383. The van der Waals surface area contributed by atoms with Crippen LogP contribution < -0.4 is 4.90 Å². The Balaban J connectivity index is 0.000000317. The Labute approximate surface area is 217 Å². The van der Waals surface area contributed by atoms with Gasteiger partial charge in [-0.25, -0.2) is 9.59 Å². The number of halogens is 6. The van der Waals surface area contributed by atoms with Crippen LogP contribution in [0.25, 0.3) is 0 Å². The van der Waals surface area contributed by atoms with Gasteiger partial charge >= 0.3 is 24.3 Å². The van der Waals surface area contributed by atoms with Crippen molar-refractivity contribution in [1.29, 1.82) is 0 Å². The van der Waals surface area contributed by atoms with Crippen LogP contribution in [-0.2, 0) is 25.7 Å². The van der Waals surface area contributed by atoms with Crippen molar-refractivity contribution in [1.82, 2.24) is 9.88 Å². The molecule has 1 atom stereocenters. The minimum Gasteiger partial charge on any atom is -0.475 e. The highest BCUT2D eigenvalue weighted by Crippen LogP contribution is 2.37. The molecule has 2 fully saturated rings. The number of hydrogen-bond acceptors (Lipinski definition) is 7. The Kier molecular flexibility index (Phi) is 10.5. The van der Waals surface area contributed by atoms with Crippen molar-refractivity contribution in [3.05, 3.63) is 48.7 Å². The van der Waals surface area contributed by atoms with E-state index in [1.54, 1.807) is 18.7 Å². The lowest BCUT2D eigenvalue weighted by molar-refractivity contribution is -0.193. The zero-order valence-electron chi connectivity index (χ0n) is 20.4. The predicted molar refractivity (Wildman–Crippen MR) is 120 cm³/mol. The largest absolute Gasteiger partial charge is 0.490 e. The molecule has 2 aliphatic rings. The van der Waals surface area contributed by atoms with Gasteiger partial charge in [-0.2, -0.15) is 26.3 Å². The summed E-state index contributed by atoms with van der Waals surface area (Å²) in [5.74, 6) is -4.52. The molecular weight excluding hydrogens is 544 g/mol. The number of aliphatic carboxylic acids is 2. The molecule has 1 unspecified atom stereocenters. The van der Waals surface area contributed by atoms with E-state index < -0.39 is 24.3 Å².